The number of ether oxygens (including phenoxy) is 1. The van der Waals surface area contributed by atoms with Crippen molar-refractivity contribution in [1.82, 2.24) is 0 Å². The van der Waals surface area contributed by atoms with Crippen molar-refractivity contribution in [1.29, 1.82) is 0 Å². The smallest absolute Gasteiger partial charge is 0.187 e. The standard InChI is InChI=1S/C16H12Cl2O2.2C15H9Cl3O/c1-20-12-7-5-11(6-8-12)16(19)10-9-13-14(17)3-2-4-15(13)18;16-12-6-3-7-13(17)10(12)8-9-15(19)11-4-1-2-5-14(11)18;16-11-6-4-10(5-7-11)15(19)9-8-12-13(17)2-1-3-14(12)18/h2-10H,1H3;2*1-9H. The van der Waals surface area contributed by atoms with Crippen LogP contribution in [-0.4, -0.2) is 24.5 Å². The predicted octanol–water partition coefficient (Wildman–Crippen LogP) is 16.0. The van der Waals surface area contributed by atoms with Gasteiger partial charge in [0, 0.05) is 68.5 Å². The van der Waals surface area contributed by atoms with Crippen LogP contribution in [0.3, 0.4) is 0 Å². The van der Waals surface area contributed by atoms with Gasteiger partial charge in [0.1, 0.15) is 5.75 Å². The van der Waals surface area contributed by atoms with Crippen LogP contribution in [0.5, 0.6) is 5.75 Å². The van der Waals surface area contributed by atoms with Crippen molar-refractivity contribution in [2.45, 2.75) is 0 Å². The van der Waals surface area contributed by atoms with Crippen molar-refractivity contribution >= 4 is 128 Å². The average molecular weight is 930 g/mol. The Morgan fingerprint density at radius 3 is 1.09 bits per heavy atom. The van der Waals surface area contributed by atoms with Crippen molar-refractivity contribution in [2.24, 2.45) is 0 Å². The van der Waals surface area contributed by atoms with E-state index >= 15 is 0 Å². The zero-order chi connectivity index (χ0) is 42.2. The van der Waals surface area contributed by atoms with Gasteiger partial charge < -0.3 is 4.74 Å². The molecule has 0 heterocycles. The third kappa shape index (κ3) is 13.9. The maximum atomic E-state index is 12.0. The van der Waals surface area contributed by atoms with Crippen LogP contribution in [-0.2, 0) is 0 Å². The Hall–Kier alpha value is -4.33. The topological polar surface area (TPSA) is 60.4 Å². The quantitative estimate of drug-likeness (QED) is 0.101. The molecular formula is C46H30Cl8O4. The van der Waals surface area contributed by atoms with Gasteiger partial charge in [0.05, 0.1) is 12.1 Å². The van der Waals surface area contributed by atoms with Crippen molar-refractivity contribution in [3.63, 3.8) is 0 Å². The first-order valence-corrected chi connectivity index (χ1v) is 19.9. The highest BCUT2D eigenvalue weighted by Crippen LogP contribution is 2.28. The Kier molecular flexibility index (Phi) is 18.6. The van der Waals surface area contributed by atoms with Gasteiger partial charge in [-0.25, -0.2) is 0 Å². The van der Waals surface area contributed by atoms with Crippen molar-refractivity contribution in [3.05, 3.63) is 219 Å². The molecule has 0 amide bonds. The lowest BCUT2D eigenvalue weighted by Gasteiger charge is -2.02. The molecule has 0 atom stereocenters. The lowest BCUT2D eigenvalue weighted by atomic mass is 10.1. The minimum Gasteiger partial charge on any atom is -0.497 e. The number of carbonyl (C=O) groups excluding carboxylic acids is 3. The fourth-order valence-electron chi connectivity index (χ4n) is 4.80. The fraction of sp³-hybridized carbons (Fsp3) is 0.0217. The van der Waals surface area contributed by atoms with Gasteiger partial charge in [0.15, 0.2) is 17.3 Å². The molecule has 0 aliphatic carbocycles. The van der Waals surface area contributed by atoms with Gasteiger partial charge in [-0.05, 0) is 134 Å². The molecular weight excluding hydrogens is 900 g/mol. The van der Waals surface area contributed by atoms with Crippen LogP contribution >= 0.6 is 92.8 Å². The fourth-order valence-corrected chi connectivity index (χ4v) is 6.72. The summed E-state index contributed by atoms with van der Waals surface area (Å²) < 4.78 is 5.05. The second kappa shape index (κ2) is 23.3. The number of methoxy groups -OCH3 is 1. The Morgan fingerprint density at radius 2 is 0.724 bits per heavy atom. The molecule has 0 bridgehead atoms. The molecule has 0 aliphatic rings. The van der Waals surface area contributed by atoms with Gasteiger partial charge in [-0.1, -0.05) is 123 Å². The molecule has 0 spiro atoms. The molecule has 12 heteroatoms. The van der Waals surface area contributed by atoms with E-state index in [0.29, 0.717) is 79.3 Å². The molecule has 0 N–H and O–H groups in total. The van der Waals surface area contributed by atoms with Crippen molar-refractivity contribution in [3.8, 4) is 5.75 Å². The zero-order valence-electron chi connectivity index (χ0n) is 30.2. The maximum Gasteiger partial charge on any atom is 0.187 e. The summed E-state index contributed by atoms with van der Waals surface area (Å²) in [5.74, 6) is 0.262. The monoisotopic (exact) mass is 926 g/mol. The van der Waals surface area contributed by atoms with E-state index in [1.165, 1.54) is 18.2 Å². The van der Waals surface area contributed by atoms with Crippen LogP contribution < -0.4 is 4.74 Å². The summed E-state index contributed by atoms with van der Waals surface area (Å²) in [6, 6.07) is 36.0. The van der Waals surface area contributed by atoms with Gasteiger partial charge in [-0.3, -0.25) is 14.4 Å². The van der Waals surface area contributed by atoms with Gasteiger partial charge in [-0.15, -0.1) is 0 Å². The normalized spacial score (nSPS) is 10.8. The molecule has 58 heavy (non-hydrogen) atoms. The minimum absolute atomic E-state index is 0.122. The first-order valence-electron chi connectivity index (χ1n) is 16.9. The molecule has 0 saturated carbocycles. The molecule has 0 saturated heterocycles. The van der Waals surface area contributed by atoms with Crippen LogP contribution in [0.1, 0.15) is 47.8 Å². The second-order valence-corrected chi connectivity index (χ2v) is 15.0. The highest BCUT2D eigenvalue weighted by atomic mass is 35.5. The molecule has 6 aromatic rings. The van der Waals surface area contributed by atoms with Gasteiger partial charge in [0.2, 0.25) is 0 Å². The highest BCUT2D eigenvalue weighted by molar-refractivity contribution is 6.39. The van der Waals surface area contributed by atoms with Crippen LogP contribution in [0.4, 0.5) is 0 Å². The Balaban J connectivity index is 0.000000193. The summed E-state index contributed by atoms with van der Waals surface area (Å²) in [5, 5.41) is 4.04. The maximum absolute atomic E-state index is 12.0. The largest absolute Gasteiger partial charge is 0.497 e. The number of allylic oxidation sites excluding steroid dienone is 3. The zero-order valence-corrected chi connectivity index (χ0v) is 36.3. The molecule has 0 unspecified atom stereocenters. The number of carbonyl (C=O) groups is 3. The SMILES string of the molecule is COc1ccc(C(=O)C=Cc2c(Cl)cccc2Cl)cc1.O=C(C=Cc1c(Cl)cccc1Cl)c1ccc(Cl)cc1.O=C(C=Cc1c(Cl)cccc1Cl)c1ccccc1Cl. The Morgan fingerprint density at radius 1 is 0.397 bits per heavy atom. The van der Waals surface area contributed by atoms with Crippen molar-refractivity contribution in [2.75, 3.05) is 7.11 Å². The molecule has 0 radical (unpaired) electrons. The van der Waals surface area contributed by atoms with Gasteiger partial charge in [0.25, 0.3) is 0 Å². The Bertz CT molecular complexity index is 2410. The summed E-state index contributed by atoms with van der Waals surface area (Å²) in [6.45, 7) is 0. The first-order chi connectivity index (χ1) is 27.8. The number of ketones is 3. The molecule has 294 valence electrons. The highest BCUT2D eigenvalue weighted by Gasteiger charge is 2.09. The molecule has 0 fully saturated rings. The summed E-state index contributed by atoms with van der Waals surface area (Å²) in [6.07, 6.45) is 9.13. The van der Waals surface area contributed by atoms with E-state index in [1.807, 2.05) is 0 Å². The predicted molar refractivity (Wildman–Crippen MR) is 245 cm³/mol. The van der Waals surface area contributed by atoms with Crippen LogP contribution in [0.15, 0.2) is 146 Å². The summed E-state index contributed by atoms with van der Waals surface area (Å²) in [7, 11) is 1.58. The van der Waals surface area contributed by atoms with E-state index in [1.54, 1.807) is 153 Å². The molecule has 6 aromatic carbocycles. The molecule has 4 nitrogen and oxygen atoms in total. The first kappa shape index (κ1) is 46.4. The molecule has 0 aromatic heterocycles. The van der Waals surface area contributed by atoms with E-state index in [0.717, 1.165) is 0 Å². The summed E-state index contributed by atoms with van der Waals surface area (Å²) in [4.78, 5) is 36.0. The van der Waals surface area contributed by atoms with Gasteiger partial charge in [-0.2, -0.15) is 0 Å². The number of halogens is 8. The summed E-state index contributed by atoms with van der Waals surface area (Å²) in [5.41, 5.74) is 3.47. The number of hydrogen-bond donors (Lipinski definition) is 0. The minimum atomic E-state index is -0.193. The average Bonchev–Trinajstić information content (AvgIpc) is 3.21. The van der Waals surface area contributed by atoms with E-state index in [4.69, 9.17) is 97.5 Å². The molecule has 0 aliphatic heterocycles. The van der Waals surface area contributed by atoms with E-state index < -0.39 is 0 Å². The van der Waals surface area contributed by atoms with Crippen LogP contribution in [0.2, 0.25) is 40.2 Å². The second-order valence-electron chi connectivity index (χ2n) is 11.7. The number of rotatable bonds is 10. The van der Waals surface area contributed by atoms with Crippen molar-refractivity contribution < 1.29 is 19.1 Å². The van der Waals surface area contributed by atoms with Gasteiger partial charge >= 0.3 is 0 Å². The number of benzene rings is 6. The Labute approximate surface area is 376 Å². The lowest BCUT2D eigenvalue weighted by molar-refractivity contribution is 0.103. The van der Waals surface area contributed by atoms with Crippen LogP contribution in [0.25, 0.3) is 18.2 Å². The lowest BCUT2D eigenvalue weighted by Crippen LogP contribution is -1.94. The van der Waals surface area contributed by atoms with E-state index in [9.17, 15) is 14.4 Å². The van der Waals surface area contributed by atoms with E-state index in [2.05, 4.69) is 0 Å². The summed E-state index contributed by atoms with van der Waals surface area (Å²) >= 11 is 47.9. The molecule has 6 rings (SSSR count). The third-order valence-corrected chi connectivity index (χ3v) is 10.4. The number of hydrogen-bond acceptors (Lipinski definition) is 4. The van der Waals surface area contributed by atoms with E-state index in [-0.39, 0.29) is 17.3 Å². The third-order valence-electron chi connectivity index (χ3n) is 7.85. The van der Waals surface area contributed by atoms with Crippen LogP contribution in [0, 0.1) is 0 Å².